The van der Waals surface area contributed by atoms with Crippen LogP contribution in [0, 0.1) is 0 Å². The number of aliphatic carboxylic acids is 1. The van der Waals surface area contributed by atoms with Crippen molar-refractivity contribution in [2.45, 2.75) is 6.42 Å². The van der Waals surface area contributed by atoms with Crippen LogP contribution in [0.2, 0.25) is 0 Å². The van der Waals surface area contributed by atoms with Crippen LogP contribution in [0.1, 0.15) is 16.1 Å². The van der Waals surface area contributed by atoms with E-state index in [0.29, 0.717) is 0 Å². The Morgan fingerprint density at radius 1 is 1.29 bits per heavy atom. The van der Waals surface area contributed by atoms with Crippen molar-refractivity contribution in [1.82, 2.24) is 9.97 Å². The molecule has 0 radical (unpaired) electrons. The van der Waals surface area contributed by atoms with Gasteiger partial charge < -0.3 is 20.2 Å². The summed E-state index contributed by atoms with van der Waals surface area (Å²) in [7, 11) is 0. The SMILES string of the molecule is O=C(O)Cc1c(C(=O)O)[nH]c2[nH]ccc(=O)c12. The molecule has 0 aromatic carbocycles. The highest BCUT2D eigenvalue weighted by Gasteiger charge is 2.20. The number of H-pyrrole nitrogens is 2. The molecule has 0 unspecified atom stereocenters. The summed E-state index contributed by atoms with van der Waals surface area (Å²) in [5, 5.41) is 17.7. The molecule has 17 heavy (non-hydrogen) atoms. The van der Waals surface area contributed by atoms with Crippen LogP contribution in [0.15, 0.2) is 17.1 Å². The Morgan fingerprint density at radius 2 is 2.00 bits per heavy atom. The summed E-state index contributed by atoms with van der Waals surface area (Å²) in [4.78, 5) is 38.4. The molecule has 0 saturated carbocycles. The van der Waals surface area contributed by atoms with Gasteiger partial charge in [-0.25, -0.2) is 4.79 Å². The van der Waals surface area contributed by atoms with Crippen LogP contribution in [-0.4, -0.2) is 32.1 Å². The van der Waals surface area contributed by atoms with Crippen LogP contribution in [-0.2, 0) is 11.2 Å². The summed E-state index contributed by atoms with van der Waals surface area (Å²) >= 11 is 0. The van der Waals surface area contributed by atoms with E-state index in [1.807, 2.05) is 0 Å². The second-order valence-electron chi connectivity index (χ2n) is 3.45. The van der Waals surface area contributed by atoms with Gasteiger partial charge in [-0.2, -0.15) is 0 Å². The molecule has 0 aliphatic rings. The predicted octanol–water partition coefficient (Wildman–Crippen LogP) is 0.181. The fourth-order valence-corrected chi connectivity index (χ4v) is 1.71. The van der Waals surface area contributed by atoms with Crippen molar-refractivity contribution in [3.05, 3.63) is 33.7 Å². The number of aromatic nitrogens is 2. The number of fused-ring (bicyclic) bond motifs is 1. The molecule has 0 fully saturated rings. The molecular weight excluding hydrogens is 228 g/mol. The molecule has 88 valence electrons. The maximum atomic E-state index is 11.6. The molecular formula is C10H8N2O5. The molecule has 2 heterocycles. The smallest absolute Gasteiger partial charge is 0.352 e. The minimum Gasteiger partial charge on any atom is -0.481 e. The van der Waals surface area contributed by atoms with Crippen molar-refractivity contribution in [3.8, 4) is 0 Å². The van der Waals surface area contributed by atoms with E-state index in [9.17, 15) is 14.4 Å². The van der Waals surface area contributed by atoms with E-state index in [0.717, 1.165) is 0 Å². The van der Waals surface area contributed by atoms with Crippen LogP contribution >= 0.6 is 0 Å². The number of aromatic carboxylic acids is 1. The van der Waals surface area contributed by atoms with E-state index in [4.69, 9.17) is 10.2 Å². The number of nitrogens with one attached hydrogen (secondary N) is 2. The summed E-state index contributed by atoms with van der Waals surface area (Å²) < 4.78 is 0. The summed E-state index contributed by atoms with van der Waals surface area (Å²) in [6.07, 6.45) is 0.839. The second kappa shape index (κ2) is 3.78. The maximum Gasteiger partial charge on any atom is 0.352 e. The van der Waals surface area contributed by atoms with Crippen LogP contribution in [0.5, 0.6) is 0 Å². The molecule has 0 spiro atoms. The molecule has 0 aliphatic carbocycles. The van der Waals surface area contributed by atoms with Gasteiger partial charge in [-0.1, -0.05) is 0 Å². The number of hydrogen-bond donors (Lipinski definition) is 4. The number of carbonyl (C=O) groups is 2. The molecule has 0 saturated heterocycles. The van der Waals surface area contributed by atoms with Crippen molar-refractivity contribution in [2.24, 2.45) is 0 Å². The van der Waals surface area contributed by atoms with Gasteiger partial charge in [-0.3, -0.25) is 9.59 Å². The number of hydrogen-bond acceptors (Lipinski definition) is 3. The molecule has 0 atom stereocenters. The average molecular weight is 236 g/mol. The first-order valence-electron chi connectivity index (χ1n) is 4.68. The summed E-state index contributed by atoms with van der Waals surface area (Å²) in [5.74, 6) is -2.50. The minimum absolute atomic E-state index is 0.0122. The third-order valence-corrected chi connectivity index (χ3v) is 2.35. The number of pyridine rings is 1. The van der Waals surface area contributed by atoms with Gasteiger partial charge in [-0.05, 0) is 0 Å². The third-order valence-electron chi connectivity index (χ3n) is 2.35. The van der Waals surface area contributed by atoms with Crippen LogP contribution in [0.3, 0.4) is 0 Å². The first-order chi connectivity index (χ1) is 8.00. The van der Waals surface area contributed by atoms with Gasteiger partial charge in [0.25, 0.3) is 0 Å². The van der Waals surface area contributed by atoms with E-state index in [2.05, 4.69) is 9.97 Å². The van der Waals surface area contributed by atoms with E-state index >= 15 is 0 Å². The Labute approximate surface area is 93.7 Å². The summed E-state index contributed by atoms with van der Waals surface area (Å²) in [5.41, 5.74) is -0.492. The lowest BCUT2D eigenvalue weighted by molar-refractivity contribution is -0.136. The molecule has 0 aliphatic heterocycles. The zero-order chi connectivity index (χ0) is 12.6. The Morgan fingerprint density at radius 3 is 2.59 bits per heavy atom. The Balaban J connectivity index is 2.82. The standard InChI is InChI=1S/C10H8N2O5/c13-5-1-2-11-9-7(5)4(3-6(14)15)8(12-9)10(16)17/h1-2H,3H2,(H,14,15)(H,16,17)(H2,11,12,13). The first kappa shape index (κ1) is 10.9. The molecule has 2 aromatic rings. The lowest BCUT2D eigenvalue weighted by atomic mass is 10.1. The lowest BCUT2D eigenvalue weighted by Crippen LogP contribution is -2.09. The largest absolute Gasteiger partial charge is 0.481 e. The Kier molecular flexibility index (Phi) is 2.43. The first-order valence-corrected chi connectivity index (χ1v) is 4.68. The predicted molar refractivity (Wildman–Crippen MR) is 57.2 cm³/mol. The van der Waals surface area contributed by atoms with Gasteiger partial charge in [0, 0.05) is 17.8 Å². The highest BCUT2D eigenvalue weighted by atomic mass is 16.4. The molecule has 7 nitrogen and oxygen atoms in total. The van der Waals surface area contributed by atoms with E-state index in [-0.39, 0.29) is 22.3 Å². The normalized spacial score (nSPS) is 10.6. The Bertz CT molecular complexity index is 667. The molecule has 0 amide bonds. The lowest BCUT2D eigenvalue weighted by Gasteiger charge is -1.96. The zero-order valence-corrected chi connectivity index (χ0v) is 8.48. The number of aromatic amines is 2. The van der Waals surface area contributed by atoms with Gasteiger partial charge >= 0.3 is 11.9 Å². The number of rotatable bonds is 3. The highest BCUT2D eigenvalue weighted by Crippen LogP contribution is 2.18. The molecule has 2 rings (SSSR count). The van der Waals surface area contributed by atoms with Crippen molar-refractivity contribution < 1.29 is 19.8 Å². The monoisotopic (exact) mass is 236 g/mol. The van der Waals surface area contributed by atoms with Crippen molar-refractivity contribution in [1.29, 1.82) is 0 Å². The minimum atomic E-state index is -1.30. The van der Waals surface area contributed by atoms with Crippen molar-refractivity contribution in [2.75, 3.05) is 0 Å². The summed E-state index contributed by atoms with van der Waals surface area (Å²) in [6, 6.07) is 1.22. The van der Waals surface area contributed by atoms with Gasteiger partial charge in [0.15, 0.2) is 5.43 Å². The van der Waals surface area contributed by atoms with Crippen LogP contribution in [0.25, 0.3) is 11.0 Å². The van der Waals surface area contributed by atoms with Gasteiger partial charge in [0.2, 0.25) is 0 Å². The zero-order valence-electron chi connectivity index (χ0n) is 8.48. The second-order valence-corrected chi connectivity index (χ2v) is 3.45. The van der Waals surface area contributed by atoms with Gasteiger partial charge in [-0.15, -0.1) is 0 Å². The number of carboxylic acids is 2. The van der Waals surface area contributed by atoms with Gasteiger partial charge in [0.1, 0.15) is 11.3 Å². The van der Waals surface area contributed by atoms with Gasteiger partial charge in [0.05, 0.1) is 11.8 Å². The van der Waals surface area contributed by atoms with Crippen LogP contribution in [0.4, 0.5) is 0 Å². The van der Waals surface area contributed by atoms with E-state index in [1.54, 1.807) is 0 Å². The quantitative estimate of drug-likeness (QED) is 0.605. The fourth-order valence-electron chi connectivity index (χ4n) is 1.71. The highest BCUT2D eigenvalue weighted by molar-refractivity contribution is 5.98. The van der Waals surface area contributed by atoms with Crippen molar-refractivity contribution in [3.63, 3.8) is 0 Å². The molecule has 0 bridgehead atoms. The molecule has 7 heteroatoms. The van der Waals surface area contributed by atoms with Crippen molar-refractivity contribution >= 4 is 23.0 Å². The fraction of sp³-hybridized carbons (Fsp3) is 0.100. The summed E-state index contributed by atoms with van der Waals surface area (Å²) in [6.45, 7) is 0. The third kappa shape index (κ3) is 1.78. The van der Waals surface area contributed by atoms with E-state index in [1.165, 1.54) is 12.3 Å². The maximum absolute atomic E-state index is 11.6. The number of carboxylic acid groups (broad SMARTS) is 2. The molecule has 4 N–H and O–H groups in total. The topological polar surface area (TPSA) is 123 Å². The van der Waals surface area contributed by atoms with Crippen LogP contribution < -0.4 is 5.43 Å². The van der Waals surface area contributed by atoms with E-state index < -0.39 is 23.8 Å². The molecule has 2 aromatic heterocycles. The average Bonchev–Trinajstić information content (AvgIpc) is 2.57. The Hall–Kier alpha value is -2.57.